The van der Waals surface area contributed by atoms with Crippen LogP contribution in [0.4, 0.5) is 0 Å². The SMILES string of the molecule is CCCCCC(C)NCCN(CCCC)CCCC. The number of nitrogens with one attached hydrogen (secondary N) is 1. The predicted octanol–water partition coefficient (Wildman–Crippen LogP) is 4.45. The van der Waals surface area contributed by atoms with Gasteiger partial charge in [0.25, 0.3) is 0 Å². The zero-order valence-electron chi connectivity index (χ0n) is 14.0. The molecule has 2 heteroatoms. The van der Waals surface area contributed by atoms with Gasteiger partial charge in [0.15, 0.2) is 0 Å². The zero-order chi connectivity index (χ0) is 14.3. The lowest BCUT2D eigenvalue weighted by Crippen LogP contribution is -2.37. The normalized spacial score (nSPS) is 13.1. The maximum absolute atomic E-state index is 3.68. The van der Waals surface area contributed by atoms with Gasteiger partial charge < -0.3 is 10.2 Å². The molecular weight excluding hydrogens is 232 g/mol. The predicted molar refractivity (Wildman–Crippen MR) is 87.9 cm³/mol. The second kappa shape index (κ2) is 14.3. The Labute approximate surface area is 122 Å². The maximum atomic E-state index is 3.68. The van der Waals surface area contributed by atoms with E-state index in [1.165, 1.54) is 71.0 Å². The van der Waals surface area contributed by atoms with Gasteiger partial charge in [0.2, 0.25) is 0 Å². The molecule has 0 heterocycles. The summed E-state index contributed by atoms with van der Waals surface area (Å²) in [5.74, 6) is 0. The van der Waals surface area contributed by atoms with Crippen LogP contribution in [0.1, 0.15) is 79.1 Å². The first-order valence-electron chi connectivity index (χ1n) is 8.70. The van der Waals surface area contributed by atoms with Crippen LogP contribution in [0.3, 0.4) is 0 Å². The van der Waals surface area contributed by atoms with Crippen molar-refractivity contribution >= 4 is 0 Å². The fourth-order valence-corrected chi connectivity index (χ4v) is 2.37. The Kier molecular flexibility index (Phi) is 14.3. The highest BCUT2D eigenvalue weighted by Crippen LogP contribution is 2.03. The summed E-state index contributed by atoms with van der Waals surface area (Å²) in [6, 6.07) is 0.686. The molecule has 19 heavy (non-hydrogen) atoms. The number of rotatable bonds is 14. The summed E-state index contributed by atoms with van der Waals surface area (Å²) in [7, 11) is 0. The molecule has 0 aromatic carbocycles. The molecule has 1 N–H and O–H groups in total. The van der Waals surface area contributed by atoms with Crippen LogP contribution in [0, 0.1) is 0 Å². The minimum absolute atomic E-state index is 0.686. The quantitative estimate of drug-likeness (QED) is 0.469. The second-order valence-corrected chi connectivity index (χ2v) is 5.90. The molecule has 1 unspecified atom stereocenters. The summed E-state index contributed by atoms with van der Waals surface area (Å²) in [5, 5.41) is 3.68. The van der Waals surface area contributed by atoms with E-state index in [2.05, 4.69) is 37.9 Å². The average molecular weight is 271 g/mol. The first-order chi connectivity index (χ1) is 9.24. The summed E-state index contributed by atoms with van der Waals surface area (Å²) in [6.45, 7) is 14.1. The maximum Gasteiger partial charge on any atom is 0.0107 e. The number of nitrogens with zero attached hydrogens (tertiary/aromatic N) is 1. The minimum Gasteiger partial charge on any atom is -0.313 e. The molecule has 0 saturated heterocycles. The number of hydrogen-bond donors (Lipinski definition) is 1. The molecule has 0 aliphatic rings. The largest absolute Gasteiger partial charge is 0.313 e. The van der Waals surface area contributed by atoms with Crippen molar-refractivity contribution < 1.29 is 0 Å². The van der Waals surface area contributed by atoms with Crippen molar-refractivity contribution in [2.45, 2.75) is 85.1 Å². The highest BCUT2D eigenvalue weighted by molar-refractivity contribution is 4.64. The van der Waals surface area contributed by atoms with Crippen molar-refractivity contribution in [3.8, 4) is 0 Å². The van der Waals surface area contributed by atoms with Gasteiger partial charge >= 0.3 is 0 Å². The van der Waals surface area contributed by atoms with E-state index in [1.54, 1.807) is 0 Å². The van der Waals surface area contributed by atoms with E-state index in [0.29, 0.717) is 6.04 Å². The number of unbranched alkanes of at least 4 members (excludes halogenated alkanes) is 4. The van der Waals surface area contributed by atoms with Gasteiger partial charge in [0, 0.05) is 19.1 Å². The van der Waals surface area contributed by atoms with E-state index >= 15 is 0 Å². The molecule has 0 spiro atoms. The van der Waals surface area contributed by atoms with Gasteiger partial charge in [-0.1, -0.05) is 52.9 Å². The standard InChI is InChI=1S/C17H38N2/c1-5-8-11-12-17(4)18-13-16-19(14-9-6-2)15-10-7-3/h17-18H,5-16H2,1-4H3. The Morgan fingerprint density at radius 1 is 0.789 bits per heavy atom. The van der Waals surface area contributed by atoms with Crippen LogP contribution < -0.4 is 5.32 Å². The summed E-state index contributed by atoms with van der Waals surface area (Å²) >= 11 is 0. The van der Waals surface area contributed by atoms with Crippen LogP contribution in [0.2, 0.25) is 0 Å². The van der Waals surface area contributed by atoms with E-state index in [4.69, 9.17) is 0 Å². The van der Waals surface area contributed by atoms with Gasteiger partial charge in [-0.2, -0.15) is 0 Å². The topological polar surface area (TPSA) is 15.3 Å². The van der Waals surface area contributed by atoms with Crippen molar-refractivity contribution in [1.29, 1.82) is 0 Å². The lowest BCUT2D eigenvalue weighted by molar-refractivity contribution is 0.260. The van der Waals surface area contributed by atoms with Crippen LogP contribution in [0.25, 0.3) is 0 Å². The van der Waals surface area contributed by atoms with E-state index < -0.39 is 0 Å². The van der Waals surface area contributed by atoms with Crippen molar-refractivity contribution in [1.82, 2.24) is 10.2 Å². The lowest BCUT2D eigenvalue weighted by atomic mass is 10.1. The second-order valence-electron chi connectivity index (χ2n) is 5.90. The van der Waals surface area contributed by atoms with Crippen molar-refractivity contribution in [3.63, 3.8) is 0 Å². The Morgan fingerprint density at radius 2 is 1.37 bits per heavy atom. The van der Waals surface area contributed by atoms with Gasteiger partial charge in [-0.05, 0) is 39.3 Å². The molecule has 0 aliphatic carbocycles. The van der Waals surface area contributed by atoms with Crippen molar-refractivity contribution in [2.24, 2.45) is 0 Å². The highest BCUT2D eigenvalue weighted by atomic mass is 15.1. The molecule has 0 saturated carbocycles. The smallest absolute Gasteiger partial charge is 0.0107 e. The number of hydrogen-bond acceptors (Lipinski definition) is 2. The van der Waals surface area contributed by atoms with Gasteiger partial charge in [-0.15, -0.1) is 0 Å². The minimum atomic E-state index is 0.686. The third-order valence-electron chi connectivity index (χ3n) is 3.82. The third-order valence-corrected chi connectivity index (χ3v) is 3.82. The van der Waals surface area contributed by atoms with Crippen molar-refractivity contribution in [2.75, 3.05) is 26.2 Å². The van der Waals surface area contributed by atoms with Crippen LogP contribution in [-0.4, -0.2) is 37.1 Å². The first kappa shape index (κ1) is 18.9. The van der Waals surface area contributed by atoms with E-state index in [1.807, 2.05) is 0 Å². The molecule has 0 aromatic heterocycles. The summed E-state index contributed by atoms with van der Waals surface area (Å²) in [5.41, 5.74) is 0. The van der Waals surface area contributed by atoms with Gasteiger partial charge in [-0.3, -0.25) is 0 Å². The fourth-order valence-electron chi connectivity index (χ4n) is 2.37. The van der Waals surface area contributed by atoms with Crippen LogP contribution in [0.5, 0.6) is 0 Å². The summed E-state index contributed by atoms with van der Waals surface area (Å²) < 4.78 is 0. The Bertz CT molecular complexity index is 163. The molecule has 0 fully saturated rings. The molecule has 0 amide bonds. The van der Waals surface area contributed by atoms with E-state index in [9.17, 15) is 0 Å². The average Bonchev–Trinajstić information content (AvgIpc) is 2.41. The first-order valence-corrected chi connectivity index (χ1v) is 8.70. The van der Waals surface area contributed by atoms with Crippen LogP contribution in [-0.2, 0) is 0 Å². The van der Waals surface area contributed by atoms with E-state index in [-0.39, 0.29) is 0 Å². The molecule has 2 nitrogen and oxygen atoms in total. The highest BCUT2D eigenvalue weighted by Gasteiger charge is 2.05. The Balaban J connectivity index is 3.64. The van der Waals surface area contributed by atoms with E-state index in [0.717, 1.165) is 6.54 Å². The lowest BCUT2D eigenvalue weighted by Gasteiger charge is -2.23. The molecule has 0 aromatic rings. The van der Waals surface area contributed by atoms with Gasteiger partial charge in [0.05, 0.1) is 0 Å². The van der Waals surface area contributed by atoms with Gasteiger partial charge in [-0.25, -0.2) is 0 Å². The van der Waals surface area contributed by atoms with Crippen LogP contribution >= 0.6 is 0 Å². The molecule has 0 rings (SSSR count). The molecule has 0 aliphatic heterocycles. The monoisotopic (exact) mass is 270 g/mol. The molecule has 0 radical (unpaired) electrons. The molecular formula is C17H38N2. The fraction of sp³-hybridized carbons (Fsp3) is 1.00. The van der Waals surface area contributed by atoms with Gasteiger partial charge in [0.1, 0.15) is 0 Å². The summed E-state index contributed by atoms with van der Waals surface area (Å²) in [4.78, 5) is 2.64. The Hall–Kier alpha value is -0.0800. The summed E-state index contributed by atoms with van der Waals surface area (Å²) in [6.07, 6.45) is 10.7. The zero-order valence-corrected chi connectivity index (χ0v) is 14.0. The molecule has 0 bridgehead atoms. The third kappa shape index (κ3) is 12.7. The van der Waals surface area contributed by atoms with Crippen molar-refractivity contribution in [3.05, 3.63) is 0 Å². The Morgan fingerprint density at radius 3 is 1.89 bits per heavy atom. The molecule has 116 valence electrons. The van der Waals surface area contributed by atoms with Crippen LogP contribution in [0.15, 0.2) is 0 Å². The molecule has 1 atom stereocenters.